The normalized spacial score (nSPS) is 12.5. The lowest BCUT2D eigenvalue weighted by Gasteiger charge is -2.15. The first-order valence-electron chi connectivity index (χ1n) is 8.15. The fourth-order valence-electron chi connectivity index (χ4n) is 2.20. The monoisotopic (exact) mass is 430 g/mol. The molecule has 0 saturated heterocycles. The van der Waals surface area contributed by atoms with E-state index < -0.39 is 22.0 Å². The molecule has 2 N–H and O–H groups in total. The average molecular weight is 431 g/mol. The van der Waals surface area contributed by atoms with Gasteiger partial charge in [-0.3, -0.25) is 4.79 Å². The van der Waals surface area contributed by atoms with Gasteiger partial charge in [-0.25, -0.2) is 8.42 Å². The molecule has 146 valence electrons. The van der Waals surface area contributed by atoms with Crippen LogP contribution >= 0.6 is 23.2 Å². The molecule has 0 saturated carbocycles. The average Bonchev–Trinajstić information content (AvgIpc) is 2.59. The van der Waals surface area contributed by atoms with Crippen molar-refractivity contribution in [1.82, 2.24) is 4.72 Å². The Morgan fingerprint density at radius 1 is 1.15 bits per heavy atom. The van der Waals surface area contributed by atoms with Crippen LogP contribution in [0.4, 0.5) is 5.69 Å². The number of anilines is 1. The number of carbonyl (C=O) groups is 1. The van der Waals surface area contributed by atoms with Gasteiger partial charge in [-0.15, -0.1) is 0 Å². The second kappa shape index (κ2) is 8.93. The number of aryl methyl sites for hydroxylation is 1. The van der Waals surface area contributed by atoms with Gasteiger partial charge in [0.25, 0.3) is 0 Å². The second-order valence-corrected chi connectivity index (χ2v) is 8.35. The highest BCUT2D eigenvalue weighted by Crippen LogP contribution is 2.27. The van der Waals surface area contributed by atoms with E-state index >= 15 is 0 Å². The van der Waals surface area contributed by atoms with E-state index in [-0.39, 0.29) is 9.92 Å². The van der Waals surface area contributed by atoms with E-state index in [1.54, 1.807) is 25.1 Å². The number of hydrogen-bond acceptors (Lipinski definition) is 4. The van der Waals surface area contributed by atoms with Crippen LogP contribution in [0.1, 0.15) is 19.4 Å². The number of hydrogen-bond donors (Lipinski definition) is 2. The zero-order valence-electron chi connectivity index (χ0n) is 15.0. The number of nitrogens with one attached hydrogen (secondary N) is 2. The van der Waals surface area contributed by atoms with Crippen molar-refractivity contribution in [2.75, 3.05) is 11.9 Å². The summed E-state index contributed by atoms with van der Waals surface area (Å²) in [6, 6.07) is 8.15. The first kappa shape index (κ1) is 21.5. The fourth-order valence-corrected chi connectivity index (χ4v) is 3.91. The minimum Gasteiger partial charge on any atom is -0.492 e. The largest absolute Gasteiger partial charge is 0.492 e. The predicted octanol–water partition coefficient (Wildman–Crippen LogP) is 4.01. The molecule has 0 aliphatic rings. The highest BCUT2D eigenvalue weighted by atomic mass is 35.5. The van der Waals surface area contributed by atoms with E-state index in [1.165, 1.54) is 25.1 Å². The highest BCUT2D eigenvalue weighted by molar-refractivity contribution is 7.89. The summed E-state index contributed by atoms with van der Waals surface area (Å²) in [7, 11) is -3.94. The van der Waals surface area contributed by atoms with Gasteiger partial charge in [-0.2, -0.15) is 4.72 Å². The molecule has 0 bridgehead atoms. The molecule has 6 nitrogen and oxygen atoms in total. The van der Waals surface area contributed by atoms with Crippen molar-refractivity contribution in [1.29, 1.82) is 0 Å². The van der Waals surface area contributed by atoms with Crippen LogP contribution < -0.4 is 14.8 Å². The third-order valence-corrected chi connectivity index (χ3v) is 5.92. The van der Waals surface area contributed by atoms with Gasteiger partial charge in [0, 0.05) is 10.7 Å². The maximum atomic E-state index is 12.5. The molecule has 0 heterocycles. The van der Waals surface area contributed by atoms with Crippen molar-refractivity contribution in [3.63, 3.8) is 0 Å². The summed E-state index contributed by atoms with van der Waals surface area (Å²) >= 11 is 12.1. The molecule has 0 spiro atoms. The molecule has 0 radical (unpaired) electrons. The Balaban J connectivity index is 2.10. The van der Waals surface area contributed by atoms with Crippen LogP contribution in [0.15, 0.2) is 41.3 Å². The van der Waals surface area contributed by atoms with E-state index in [9.17, 15) is 13.2 Å². The highest BCUT2D eigenvalue weighted by Gasteiger charge is 2.23. The van der Waals surface area contributed by atoms with Crippen molar-refractivity contribution >= 4 is 44.8 Å². The van der Waals surface area contributed by atoms with E-state index in [4.69, 9.17) is 27.9 Å². The van der Waals surface area contributed by atoms with Crippen LogP contribution in [0.3, 0.4) is 0 Å². The van der Waals surface area contributed by atoms with Crippen LogP contribution in [0.2, 0.25) is 10.0 Å². The summed E-state index contributed by atoms with van der Waals surface area (Å²) in [4.78, 5) is 12.2. The minimum absolute atomic E-state index is 0.0611. The van der Waals surface area contributed by atoms with Gasteiger partial charge in [-0.1, -0.05) is 29.3 Å². The number of ether oxygens (including phenoxy) is 1. The standard InChI is InChI=1S/C18H20Cl2N2O4S/c1-4-26-17-8-7-14(10-16(17)20)27(24,25)22-12(3)18(23)21-13-6-5-11(2)15(19)9-13/h5-10,12,22H,4H2,1-3H3,(H,21,23)/t12-/m0/s1. The second-order valence-electron chi connectivity index (χ2n) is 5.82. The Kier molecular flexibility index (Phi) is 7.11. The van der Waals surface area contributed by atoms with Gasteiger partial charge in [0.1, 0.15) is 5.75 Å². The fraction of sp³-hybridized carbons (Fsp3) is 0.278. The van der Waals surface area contributed by atoms with Gasteiger partial charge < -0.3 is 10.1 Å². The van der Waals surface area contributed by atoms with Crippen LogP contribution in [-0.4, -0.2) is 27.0 Å². The third-order valence-electron chi connectivity index (χ3n) is 3.68. The summed E-state index contributed by atoms with van der Waals surface area (Å²) in [5, 5.41) is 3.30. The lowest BCUT2D eigenvalue weighted by atomic mass is 10.2. The topological polar surface area (TPSA) is 84.5 Å². The van der Waals surface area contributed by atoms with Crippen molar-refractivity contribution in [2.45, 2.75) is 31.7 Å². The molecule has 0 unspecified atom stereocenters. The molecule has 0 aromatic heterocycles. The van der Waals surface area contributed by atoms with E-state index in [1.807, 2.05) is 6.92 Å². The van der Waals surface area contributed by atoms with E-state index in [2.05, 4.69) is 10.0 Å². The Morgan fingerprint density at radius 3 is 2.44 bits per heavy atom. The quantitative estimate of drug-likeness (QED) is 0.694. The van der Waals surface area contributed by atoms with Gasteiger partial charge in [0.15, 0.2) is 0 Å². The third kappa shape index (κ3) is 5.59. The van der Waals surface area contributed by atoms with Crippen molar-refractivity contribution in [3.8, 4) is 5.75 Å². The maximum Gasteiger partial charge on any atom is 0.242 e. The van der Waals surface area contributed by atoms with Crippen LogP contribution in [0.25, 0.3) is 0 Å². The van der Waals surface area contributed by atoms with Crippen molar-refractivity contribution in [3.05, 3.63) is 52.0 Å². The molecule has 0 fully saturated rings. The molecule has 9 heteroatoms. The minimum atomic E-state index is -3.94. The van der Waals surface area contributed by atoms with Crippen molar-refractivity contribution < 1.29 is 17.9 Å². The Labute approximate surface area is 168 Å². The molecule has 2 aromatic carbocycles. The smallest absolute Gasteiger partial charge is 0.242 e. The molecule has 1 amide bonds. The van der Waals surface area contributed by atoms with Gasteiger partial charge in [0.2, 0.25) is 15.9 Å². The lowest BCUT2D eigenvalue weighted by Crippen LogP contribution is -2.41. The maximum absolute atomic E-state index is 12.5. The summed E-state index contributed by atoms with van der Waals surface area (Å²) in [6.45, 7) is 5.49. The Bertz CT molecular complexity index is 948. The van der Waals surface area contributed by atoms with Gasteiger partial charge in [-0.05, 0) is 56.7 Å². The number of amides is 1. The number of carbonyl (C=O) groups excluding carboxylic acids is 1. The molecular formula is C18H20Cl2N2O4S. The summed E-state index contributed by atoms with van der Waals surface area (Å²) in [6.07, 6.45) is 0. The van der Waals surface area contributed by atoms with E-state index in [0.29, 0.717) is 23.1 Å². The number of halogens is 2. The number of sulfonamides is 1. The van der Waals surface area contributed by atoms with Gasteiger partial charge in [0.05, 0.1) is 22.6 Å². The predicted molar refractivity (Wildman–Crippen MR) is 107 cm³/mol. The SMILES string of the molecule is CCOc1ccc(S(=O)(=O)N[C@@H](C)C(=O)Nc2ccc(C)c(Cl)c2)cc1Cl. The molecule has 0 aliphatic heterocycles. The first-order valence-corrected chi connectivity index (χ1v) is 10.4. The number of rotatable bonds is 7. The summed E-state index contributed by atoms with van der Waals surface area (Å²) < 4.78 is 32.6. The van der Waals surface area contributed by atoms with Gasteiger partial charge >= 0.3 is 0 Å². The number of benzene rings is 2. The van der Waals surface area contributed by atoms with Crippen LogP contribution in [0.5, 0.6) is 5.75 Å². The molecule has 0 aliphatic carbocycles. The summed E-state index contributed by atoms with van der Waals surface area (Å²) in [5.41, 5.74) is 1.35. The van der Waals surface area contributed by atoms with Crippen LogP contribution in [0, 0.1) is 6.92 Å². The van der Waals surface area contributed by atoms with Crippen LogP contribution in [-0.2, 0) is 14.8 Å². The Morgan fingerprint density at radius 2 is 1.85 bits per heavy atom. The Hall–Kier alpha value is -1.80. The molecule has 1 atom stereocenters. The molecule has 2 rings (SSSR count). The zero-order chi connectivity index (χ0) is 20.2. The lowest BCUT2D eigenvalue weighted by molar-refractivity contribution is -0.117. The summed E-state index contributed by atoms with van der Waals surface area (Å²) in [5.74, 6) is -0.129. The van der Waals surface area contributed by atoms with E-state index in [0.717, 1.165) is 5.56 Å². The first-order chi connectivity index (χ1) is 12.6. The zero-order valence-corrected chi connectivity index (χ0v) is 17.4. The van der Waals surface area contributed by atoms with Crippen molar-refractivity contribution in [2.24, 2.45) is 0 Å². The molecule has 2 aromatic rings. The molecular weight excluding hydrogens is 411 g/mol. The molecule has 27 heavy (non-hydrogen) atoms.